The Hall–Kier alpha value is -4.56. The van der Waals surface area contributed by atoms with Gasteiger partial charge in [-0.3, -0.25) is 9.59 Å². The molecular formula is C32H22O2. The van der Waals surface area contributed by atoms with E-state index >= 15 is 0 Å². The fraction of sp³-hybridized carbons (Fsp3) is 0. The Kier molecular flexibility index (Phi) is 5.96. The van der Waals surface area contributed by atoms with Crippen molar-refractivity contribution in [1.82, 2.24) is 0 Å². The van der Waals surface area contributed by atoms with Gasteiger partial charge in [-0.25, -0.2) is 0 Å². The van der Waals surface area contributed by atoms with Crippen LogP contribution in [0.2, 0.25) is 0 Å². The zero-order chi connectivity index (χ0) is 23.3. The van der Waals surface area contributed by atoms with E-state index in [2.05, 4.69) is 0 Å². The fourth-order valence-corrected chi connectivity index (χ4v) is 4.21. The van der Waals surface area contributed by atoms with Gasteiger partial charge in [-0.05, 0) is 28.3 Å². The van der Waals surface area contributed by atoms with Gasteiger partial charge in [0, 0.05) is 22.3 Å². The SMILES string of the molecule is O=C(c1cccc(C(=O)c2ccccc2-c2ccccc2)c1)c1ccccc1-c1ccccc1. The van der Waals surface area contributed by atoms with Crippen molar-refractivity contribution < 1.29 is 9.59 Å². The molecular weight excluding hydrogens is 416 g/mol. The van der Waals surface area contributed by atoms with E-state index in [9.17, 15) is 9.59 Å². The maximum atomic E-state index is 13.5. The summed E-state index contributed by atoms with van der Waals surface area (Å²) in [5.41, 5.74) is 5.92. The molecule has 0 unspecified atom stereocenters. The first kappa shape index (κ1) is 21.3. The average Bonchev–Trinajstić information content (AvgIpc) is 2.93. The van der Waals surface area contributed by atoms with E-state index in [0.29, 0.717) is 22.3 Å². The topological polar surface area (TPSA) is 34.1 Å². The number of carbonyl (C=O) groups is 2. The summed E-state index contributed by atoms with van der Waals surface area (Å²) in [4.78, 5) is 27.1. The molecule has 0 fully saturated rings. The van der Waals surface area contributed by atoms with Crippen molar-refractivity contribution in [2.45, 2.75) is 0 Å². The Balaban J connectivity index is 1.52. The molecule has 5 aromatic rings. The summed E-state index contributed by atoms with van der Waals surface area (Å²) in [7, 11) is 0. The molecule has 0 aliphatic rings. The summed E-state index contributed by atoms with van der Waals surface area (Å²) in [6, 6.07) is 41.9. The number of carbonyl (C=O) groups excluding carboxylic acids is 2. The van der Waals surface area contributed by atoms with E-state index in [-0.39, 0.29) is 11.6 Å². The van der Waals surface area contributed by atoms with Gasteiger partial charge in [-0.15, -0.1) is 0 Å². The molecule has 0 saturated carbocycles. The van der Waals surface area contributed by atoms with E-state index in [0.717, 1.165) is 22.3 Å². The fourth-order valence-electron chi connectivity index (χ4n) is 4.21. The molecule has 0 radical (unpaired) electrons. The van der Waals surface area contributed by atoms with Crippen LogP contribution in [0.1, 0.15) is 31.8 Å². The third kappa shape index (κ3) is 4.22. The summed E-state index contributed by atoms with van der Waals surface area (Å²) >= 11 is 0. The quantitative estimate of drug-likeness (QED) is 0.258. The molecule has 162 valence electrons. The highest BCUT2D eigenvalue weighted by atomic mass is 16.1. The monoisotopic (exact) mass is 438 g/mol. The Morgan fingerprint density at radius 3 is 1.21 bits per heavy atom. The lowest BCUT2D eigenvalue weighted by atomic mass is 9.91. The first-order valence-electron chi connectivity index (χ1n) is 11.2. The summed E-state index contributed by atoms with van der Waals surface area (Å²) in [5.74, 6) is -0.212. The maximum Gasteiger partial charge on any atom is 0.193 e. The Labute approximate surface area is 199 Å². The highest BCUT2D eigenvalue weighted by Crippen LogP contribution is 2.28. The van der Waals surface area contributed by atoms with Gasteiger partial charge in [0.2, 0.25) is 0 Å². The van der Waals surface area contributed by atoms with Crippen molar-refractivity contribution in [3.63, 3.8) is 0 Å². The molecule has 0 bridgehead atoms. The van der Waals surface area contributed by atoms with Crippen LogP contribution in [0, 0.1) is 0 Å². The third-order valence-corrected chi connectivity index (χ3v) is 5.90. The number of hydrogen-bond donors (Lipinski definition) is 0. The van der Waals surface area contributed by atoms with E-state index in [1.807, 2.05) is 109 Å². The highest BCUT2D eigenvalue weighted by molar-refractivity contribution is 6.16. The molecule has 0 spiro atoms. The second kappa shape index (κ2) is 9.51. The molecule has 34 heavy (non-hydrogen) atoms. The lowest BCUT2D eigenvalue weighted by Gasteiger charge is -2.11. The standard InChI is InChI=1S/C32H22O2/c33-31(29-20-9-7-18-27(29)23-12-3-1-4-13-23)25-16-11-17-26(22-25)32(34)30-21-10-8-19-28(30)24-14-5-2-6-15-24/h1-22H. The number of benzene rings is 5. The normalized spacial score (nSPS) is 10.6. The predicted molar refractivity (Wildman–Crippen MR) is 137 cm³/mol. The Bertz CT molecular complexity index is 1360. The number of hydrogen-bond acceptors (Lipinski definition) is 2. The molecule has 0 heterocycles. The first-order chi connectivity index (χ1) is 16.7. The molecule has 0 saturated heterocycles. The number of rotatable bonds is 6. The van der Waals surface area contributed by atoms with Crippen LogP contribution in [0.25, 0.3) is 22.3 Å². The first-order valence-corrected chi connectivity index (χ1v) is 11.2. The van der Waals surface area contributed by atoms with E-state index in [1.54, 1.807) is 24.3 Å². The van der Waals surface area contributed by atoms with Crippen LogP contribution < -0.4 is 0 Å². The Morgan fingerprint density at radius 1 is 0.382 bits per heavy atom. The van der Waals surface area contributed by atoms with Crippen LogP contribution >= 0.6 is 0 Å². The lowest BCUT2D eigenvalue weighted by Crippen LogP contribution is -2.08. The Morgan fingerprint density at radius 2 is 0.765 bits per heavy atom. The average molecular weight is 439 g/mol. The van der Waals surface area contributed by atoms with Gasteiger partial charge in [0.1, 0.15) is 0 Å². The van der Waals surface area contributed by atoms with Crippen molar-refractivity contribution in [3.05, 3.63) is 156 Å². The van der Waals surface area contributed by atoms with Gasteiger partial charge in [0.25, 0.3) is 0 Å². The van der Waals surface area contributed by atoms with Crippen LogP contribution in [0.15, 0.2) is 133 Å². The predicted octanol–water partition coefficient (Wildman–Crippen LogP) is 7.48. The van der Waals surface area contributed by atoms with Gasteiger partial charge in [-0.2, -0.15) is 0 Å². The number of ketones is 2. The van der Waals surface area contributed by atoms with Crippen molar-refractivity contribution in [3.8, 4) is 22.3 Å². The lowest BCUT2D eigenvalue weighted by molar-refractivity contribution is 0.103. The van der Waals surface area contributed by atoms with Crippen LogP contribution in [0.4, 0.5) is 0 Å². The molecule has 2 heteroatoms. The molecule has 0 amide bonds. The van der Waals surface area contributed by atoms with Gasteiger partial charge in [-0.1, -0.05) is 127 Å². The van der Waals surface area contributed by atoms with Crippen molar-refractivity contribution in [2.24, 2.45) is 0 Å². The summed E-state index contributed by atoms with van der Waals surface area (Å²) < 4.78 is 0. The van der Waals surface area contributed by atoms with Crippen LogP contribution in [-0.4, -0.2) is 11.6 Å². The zero-order valence-corrected chi connectivity index (χ0v) is 18.5. The molecule has 0 atom stereocenters. The van der Waals surface area contributed by atoms with Crippen LogP contribution in [0.5, 0.6) is 0 Å². The summed E-state index contributed by atoms with van der Waals surface area (Å²) in [6.07, 6.45) is 0. The molecule has 0 aliphatic heterocycles. The van der Waals surface area contributed by atoms with Gasteiger partial charge in [0.15, 0.2) is 11.6 Å². The minimum Gasteiger partial charge on any atom is -0.289 e. The third-order valence-electron chi connectivity index (χ3n) is 5.90. The van der Waals surface area contributed by atoms with Gasteiger partial charge < -0.3 is 0 Å². The van der Waals surface area contributed by atoms with E-state index in [4.69, 9.17) is 0 Å². The molecule has 5 aromatic carbocycles. The van der Waals surface area contributed by atoms with E-state index in [1.165, 1.54) is 0 Å². The molecule has 0 aromatic heterocycles. The zero-order valence-electron chi connectivity index (χ0n) is 18.5. The second-order valence-corrected chi connectivity index (χ2v) is 8.06. The maximum absolute atomic E-state index is 13.5. The largest absolute Gasteiger partial charge is 0.289 e. The molecule has 2 nitrogen and oxygen atoms in total. The molecule has 0 N–H and O–H groups in total. The highest BCUT2D eigenvalue weighted by Gasteiger charge is 2.18. The van der Waals surface area contributed by atoms with Crippen LogP contribution in [0.3, 0.4) is 0 Å². The second-order valence-electron chi connectivity index (χ2n) is 8.06. The van der Waals surface area contributed by atoms with Gasteiger partial charge in [0.05, 0.1) is 0 Å². The molecule has 5 rings (SSSR count). The van der Waals surface area contributed by atoms with Crippen molar-refractivity contribution in [2.75, 3.05) is 0 Å². The van der Waals surface area contributed by atoms with Crippen molar-refractivity contribution >= 4 is 11.6 Å². The summed E-state index contributed by atoms with van der Waals surface area (Å²) in [5, 5.41) is 0. The summed E-state index contributed by atoms with van der Waals surface area (Å²) in [6.45, 7) is 0. The smallest absolute Gasteiger partial charge is 0.193 e. The minimum atomic E-state index is -0.106. The van der Waals surface area contributed by atoms with Gasteiger partial charge >= 0.3 is 0 Å². The van der Waals surface area contributed by atoms with E-state index < -0.39 is 0 Å². The molecule has 0 aliphatic carbocycles. The van der Waals surface area contributed by atoms with Crippen molar-refractivity contribution in [1.29, 1.82) is 0 Å². The minimum absolute atomic E-state index is 0.106. The van der Waals surface area contributed by atoms with Crippen LogP contribution in [-0.2, 0) is 0 Å².